The van der Waals surface area contributed by atoms with E-state index in [-0.39, 0.29) is 16.7 Å². The van der Waals surface area contributed by atoms with E-state index in [1.54, 1.807) is 25.3 Å². The van der Waals surface area contributed by atoms with E-state index in [2.05, 4.69) is 21.9 Å². The summed E-state index contributed by atoms with van der Waals surface area (Å²) >= 11 is 1.65. The second-order valence-corrected chi connectivity index (χ2v) is 5.32. The molecule has 1 unspecified atom stereocenters. The fraction of sp³-hybridized carbons (Fsp3) is 0.417. The molecule has 102 valence electrons. The third-order valence-electron chi connectivity index (χ3n) is 2.88. The number of nitro groups is 1. The molecule has 2 heterocycles. The van der Waals surface area contributed by atoms with Crippen molar-refractivity contribution in [3.05, 3.63) is 38.2 Å². The second-order valence-electron chi connectivity index (χ2n) is 4.54. The number of anilines is 1. The SMILES string of the molecule is Cc1nn(C)c(NC(C)Cc2ccsc2)c1[N+](=O)[O-]. The quantitative estimate of drug-likeness (QED) is 0.675. The molecule has 7 heteroatoms. The van der Waals surface area contributed by atoms with Gasteiger partial charge in [0.05, 0.1) is 4.92 Å². The summed E-state index contributed by atoms with van der Waals surface area (Å²) in [4.78, 5) is 10.7. The average Bonchev–Trinajstić information content (AvgIpc) is 2.88. The lowest BCUT2D eigenvalue weighted by Gasteiger charge is -2.13. The minimum Gasteiger partial charge on any atom is -0.362 e. The van der Waals surface area contributed by atoms with Gasteiger partial charge in [-0.25, -0.2) is 4.68 Å². The normalized spacial score (nSPS) is 12.4. The molecule has 0 radical (unpaired) electrons. The van der Waals surface area contributed by atoms with Gasteiger partial charge in [0.2, 0.25) is 5.82 Å². The molecule has 0 aliphatic rings. The van der Waals surface area contributed by atoms with Gasteiger partial charge >= 0.3 is 5.69 Å². The number of hydrogen-bond donors (Lipinski definition) is 1. The predicted molar refractivity (Wildman–Crippen MR) is 75.7 cm³/mol. The average molecular weight is 280 g/mol. The lowest BCUT2D eigenvalue weighted by molar-refractivity contribution is -0.384. The Kier molecular flexibility index (Phi) is 3.84. The number of rotatable bonds is 5. The smallest absolute Gasteiger partial charge is 0.333 e. The molecule has 0 spiro atoms. The lowest BCUT2D eigenvalue weighted by Crippen LogP contribution is -2.20. The zero-order chi connectivity index (χ0) is 14.0. The Morgan fingerprint density at radius 1 is 1.63 bits per heavy atom. The molecule has 0 aliphatic heterocycles. The molecule has 0 bridgehead atoms. The molecule has 0 aromatic carbocycles. The van der Waals surface area contributed by atoms with Crippen LogP contribution in [0.3, 0.4) is 0 Å². The maximum Gasteiger partial charge on any atom is 0.333 e. The van der Waals surface area contributed by atoms with Crippen LogP contribution in [0.15, 0.2) is 16.8 Å². The topological polar surface area (TPSA) is 73.0 Å². The van der Waals surface area contributed by atoms with Crippen LogP contribution in [0.1, 0.15) is 18.2 Å². The fourth-order valence-corrected chi connectivity index (χ4v) is 2.76. The monoisotopic (exact) mass is 280 g/mol. The molecular weight excluding hydrogens is 264 g/mol. The van der Waals surface area contributed by atoms with E-state index in [1.165, 1.54) is 10.2 Å². The van der Waals surface area contributed by atoms with Crippen molar-refractivity contribution in [2.24, 2.45) is 7.05 Å². The van der Waals surface area contributed by atoms with Crippen molar-refractivity contribution in [3.63, 3.8) is 0 Å². The molecule has 19 heavy (non-hydrogen) atoms. The number of nitrogens with one attached hydrogen (secondary N) is 1. The highest BCUT2D eigenvalue weighted by atomic mass is 32.1. The van der Waals surface area contributed by atoms with Gasteiger partial charge in [0, 0.05) is 13.1 Å². The molecule has 1 atom stereocenters. The number of thiophene rings is 1. The van der Waals surface area contributed by atoms with E-state index in [0.29, 0.717) is 11.5 Å². The van der Waals surface area contributed by atoms with Crippen molar-refractivity contribution in [1.82, 2.24) is 9.78 Å². The fourth-order valence-electron chi connectivity index (χ4n) is 2.07. The maximum absolute atomic E-state index is 11.1. The Labute approximate surface area is 115 Å². The summed E-state index contributed by atoms with van der Waals surface area (Å²) in [6, 6.07) is 2.16. The lowest BCUT2D eigenvalue weighted by atomic mass is 10.1. The molecule has 2 aromatic heterocycles. The van der Waals surface area contributed by atoms with Crippen molar-refractivity contribution < 1.29 is 4.92 Å². The van der Waals surface area contributed by atoms with Crippen LogP contribution in [0.2, 0.25) is 0 Å². The van der Waals surface area contributed by atoms with Gasteiger partial charge in [0.1, 0.15) is 5.69 Å². The largest absolute Gasteiger partial charge is 0.362 e. The first-order valence-electron chi connectivity index (χ1n) is 5.94. The maximum atomic E-state index is 11.1. The highest BCUT2D eigenvalue weighted by Gasteiger charge is 2.24. The summed E-state index contributed by atoms with van der Waals surface area (Å²) in [5.74, 6) is 0.463. The zero-order valence-electron chi connectivity index (χ0n) is 11.1. The van der Waals surface area contributed by atoms with Crippen LogP contribution in [0.5, 0.6) is 0 Å². The summed E-state index contributed by atoms with van der Waals surface area (Å²) in [7, 11) is 1.71. The first-order chi connectivity index (χ1) is 8.99. The van der Waals surface area contributed by atoms with Crippen molar-refractivity contribution in [2.45, 2.75) is 26.3 Å². The van der Waals surface area contributed by atoms with Crippen molar-refractivity contribution >= 4 is 22.8 Å². The molecule has 0 saturated heterocycles. The minimum atomic E-state index is -0.387. The molecule has 1 N–H and O–H groups in total. The van der Waals surface area contributed by atoms with Gasteiger partial charge in [-0.2, -0.15) is 16.4 Å². The van der Waals surface area contributed by atoms with E-state index in [4.69, 9.17) is 0 Å². The number of aryl methyl sites for hydroxylation is 2. The molecule has 0 fully saturated rings. The number of aromatic nitrogens is 2. The van der Waals surface area contributed by atoms with Gasteiger partial charge in [-0.05, 0) is 42.7 Å². The molecule has 2 rings (SSSR count). The standard InChI is InChI=1S/C12H16N4O2S/c1-8(6-10-4-5-19-7-10)13-12-11(16(17)18)9(2)14-15(12)3/h4-5,7-8,13H,6H2,1-3H3. The summed E-state index contributed by atoms with van der Waals surface area (Å²) < 4.78 is 1.53. The van der Waals surface area contributed by atoms with Crippen molar-refractivity contribution in [3.8, 4) is 0 Å². The van der Waals surface area contributed by atoms with Crippen LogP contribution >= 0.6 is 11.3 Å². The molecule has 0 saturated carbocycles. The Bertz CT molecular complexity index is 577. The molecular formula is C12H16N4O2S. The summed E-state index contributed by atoms with van der Waals surface area (Å²) in [6.45, 7) is 3.65. The van der Waals surface area contributed by atoms with Crippen LogP contribution in [0.4, 0.5) is 11.5 Å². The first-order valence-corrected chi connectivity index (χ1v) is 6.89. The highest BCUT2D eigenvalue weighted by Crippen LogP contribution is 2.28. The molecule has 0 aliphatic carbocycles. The predicted octanol–water partition coefficient (Wildman–Crippen LogP) is 2.74. The Morgan fingerprint density at radius 2 is 2.37 bits per heavy atom. The van der Waals surface area contributed by atoms with Gasteiger partial charge < -0.3 is 5.32 Å². The summed E-state index contributed by atoms with van der Waals surface area (Å²) in [5.41, 5.74) is 1.71. The van der Waals surface area contributed by atoms with Crippen LogP contribution in [0.25, 0.3) is 0 Å². The van der Waals surface area contributed by atoms with Gasteiger partial charge in [0.15, 0.2) is 0 Å². The Hall–Kier alpha value is -1.89. The number of nitrogens with zero attached hydrogens (tertiary/aromatic N) is 3. The van der Waals surface area contributed by atoms with E-state index in [1.807, 2.05) is 12.3 Å². The van der Waals surface area contributed by atoms with Crippen LogP contribution < -0.4 is 5.32 Å². The highest BCUT2D eigenvalue weighted by molar-refractivity contribution is 7.07. The summed E-state index contributed by atoms with van der Waals surface area (Å²) in [6.07, 6.45) is 0.824. The van der Waals surface area contributed by atoms with Crippen molar-refractivity contribution in [1.29, 1.82) is 0 Å². The van der Waals surface area contributed by atoms with E-state index in [0.717, 1.165) is 6.42 Å². The zero-order valence-corrected chi connectivity index (χ0v) is 11.9. The molecule has 6 nitrogen and oxygen atoms in total. The van der Waals surface area contributed by atoms with Gasteiger partial charge in [-0.1, -0.05) is 0 Å². The third kappa shape index (κ3) is 2.93. The first kappa shape index (κ1) is 13.5. The second kappa shape index (κ2) is 5.40. The Morgan fingerprint density at radius 3 is 2.95 bits per heavy atom. The van der Waals surface area contributed by atoms with E-state index >= 15 is 0 Å². The van der Waals surface area contributed by atoms with Crippen molar-refractivity contribution in [2.75, 3.05) is 5.32 Å². The molecule has 2 aromatic rings. The van der Waals surface area contributed by atoms with Gasteiger partial charge in [-0.3, -0.25) is 10.1 Å². The van der Waals surface area contributed by atoms with E-state index in [9.17, 15) is 10.1 Å². The molecule has 0 amide bonds. The summed E-state index contributed by atoms with van der Waals surface area (Å²) in [5, 5.41) is 22.5. The van der Waals surface area contributed by atoms with Crippen LogP contribution in [-0.2, 0) is 13.5 Å². The number of hydrogen-bond acceptors (Lipinski definition) is 5. The van der Waals surface area contributed by atoms with E-state index < -0.39 is 0 Å². The van der Waals surface area contributed by atoms with Gasteiger partial charge in [0.25, 0.3) is 0 Å². The van der Waals surface area contributed by atoms with Crippen LogP contribution in [0, 0.1) is 17.0 Å². The third-order valence-corrected chi connectivity index (χ3v) is 3.61. The van der Waals surface area contributed by atoms with Crippen LogP contribution in [-0.4, -0.2) is 20.7 Å². The minimum absolute atomic E-state index is 0.0552. The van der Waals surface area contributed by atoms with Gasteiger partial charge in [-0.15, -0.1) is 0 Å². The Balaban J connectivity index is 2.16.